The highest BCUT2D eigenvalue weighted by Crippen LogP contribution is 2.22. The summed E-state index contributed by atoms with van der Waals surface area (Å²) in [6.45, 7) is 1.97. The summed E-state index contributed by atoms with van der Waals surface area (Å²) < 4.78 is 5.70. The van der Waals surface area contributed by atoms with Gasteiger partial charge in [-0.3, -0.25) is 0 Å². The van der Waals surface area contributed by atoms with Crippen LogP contribution in [0.15, 0.2) is 0 Å². The highest BCUT2D eigenvalue weighted by Gasteiger charge is 2.26. The van der Waals surface area contributed by atoms with Crippen LogP contribution in [0.4, 0.5) is 0 Å². The molecule has 0 radical (unpaired) electrons. The molecule has 11 heavy (non-hydrogen) atoms. The van der Waals surface area contributed by atoms with Gasteiger partial charge in [-0.05, 0) is 12.8 Å². The minimum Gasteiger partial charge on any atom is -0.375 e. The Kier molecular flexibility index (Phi) is 2.44. The van der Waals surface area contributed by atoms with E-state index in [1.54, 1.807) is 0 Å². The van der Waals surface area contributed by atoms with Crippen molar-refractivity contribution in [3.05, 3.63) is 0 Å². The molecule has 2 fully saturated rings. The van der Waals surface area contributed by atoms with Gasteiger partial charge >= 0.3 is 0 Å². The Labute approximate surface area is 68.3 Å². The van der Waals surface area contributed by atoms with E-state index >= 15 is 0 Å². The number of nitrogens with one attached hydrogen (secondary N) is 1. The standard InChI is InChI=1S/C9H17NO/c1-2-4-8-9(5-3-1)11-7-6-10-8/h8-10H,1-7H2. The summed E-state index contributed by atoms with van der Waals surface area (Å²) in [6.07, 6.45) is 7.28. The Balaban J connectivity index is 1.93. The molecular formula is C9H17NO. The predicted octanol–water partition coefficient (Wildman–Crippen LogP) is 1.31. The van der Waals surface area contributed by atoms with Crippen molar-refractivity contribution < 1.29 is 4.74 Å². The third-order valence-electron chi connectivity index (χ3n) is 2.79. The van der Waals surface area contributed by atoms with E-state index in [1.165, 1.54) is 32.1 Å². The molecule has 2 aliphatic rings. The summed E-state index contributed by atoms with van der Waals surface area (Å²) in [5.74, 6) is 0. The molecule has 2 rings (SSSR count). The van der Waals surface area contributed by atoms with Crippen molar-refractivity contribution in [3.8, 4) is 0 Å². The Morgan fingerprint density at radius 2 is 2.00 bits per heavy atom. The van der Waals surface area contributed by atoms with Gasteiger partial charge in [-0.2, -0.15) is 0 Å². The molecule has 0 amide bonds. The second-order valence-electron chi connectivity index (χ2n) is 3.61. The highest BCUT2D eigenvalue weighted by atomic mass is 16.5. The van der Waals surface area contributed by atoms with E-state index in [0.717, 1.165) is 13.2 Å². The van der Waals surface area contributed by atoms with Gasteiger partial charge < -0.3 is 10.1 Å². The Morgan fingerprint density at radius 3 is 3.00 bits per heavy atom. The highest BCUT2D eigenvalue weighted by molar-refractivity contribution is 4.82. The molecule has 0 spiro atoms. The molecule has 1 saturated carbocycles. The summed E-state index contributed by atoms with van der Waals surface area (Å²) in [7, 11) is 0. The molecule has 2 unspecified atom stereocenters. The van der Waals surface area contributed by atoms with Gasteiger partial charge in [-0.25, -0.2) is 0 Å². The van der Waals surface area contributed by atoms with Crippen molar-refractivity contribution in [1.82, 2.24) is 5.32 Å². The first kappa shape index (κ1) is 7.56. The Hall–Kier alpha value is -0.0800. The van der Waals surface area contributed by atoms with Crippen LogP contribution in [0.5, 0.6) is 0 Å². The lowest BCUT2D eigenvalue weighted by atomic mass is 10.1. The average molecular weight is 155 g/mol. The van der Waals surface area contributed by atoms with Crippen molar-refractivity contribution in [2.75, 3.05) is 13.2 Å². The molecular weight excluding hydrogens is 138 g/mol. The van der Waals surface area contributed by atoms with Gasteiger partial charge in [-0.15, -0.1) is 0 Å². The molecule has 1 heterocycles. The predicted molar refractivity (Wildman–Crippen MR) is 44.6 cm³/mol. The summed E-state index contributed by atoms with van der Waals surface area (Å²) in [5, 5.41) is 3.54. The topological polar surface area (TPSA) is 21.3 Å². The molecule has 2 atom stereocenters. The maximum atomic E-state index is 5.70. The van der Waals surface area contributed by atoms with Gasteiger partial charge in [0.1, 0.15) is 0 Å². The van der Waals surface area contributed by atoms with Crippen molar-refractivity contribution >= 4 is 0 Å². The lowest BCUT2D eigenvalue weighted by Crippen LogP contribution is -2.47. The SMILES string of the molecule is C1CCC2NCCOC2CC1. The molecule has 0 aromatic rings. The van der Waals surface area contributed by atoms with E-state index in [-0.39, 0.29) is 0 Å². The fraction of sp³-hybridized carbons (Fsp3) is 1.00. The molecule has 0 aromatic carbocycles. The lowest BCUT2D eigenvalue weighted by molar-refractivity contribution is -0.00701. The van der Waals surface area contributed by atoms with Crippen LogP contribution >= 0.6 is 0 Å². The summed E-state index contributed by atoms with van der Waals surface area (Å²) in [4.78, 5) is 0. The molecule has 2 nitrogen and oxygen atoms in total. The quantitative estimate of drug-likeness (QED) is 0.569. The summed E-state index contributed by atoms with van der Waals surface area (Å²) in [6, 6.07) is 0.672. The minimum atomic E-state index is 0.534. The number of ether oxygens (including phenoxy) is 1. The van der Waals surface area contributed by atoms with Gasteiger partial charge in [0.05, 0.1) is 12.7 Å². The largest absolute Gasteiger partial charge is 0.375 e. The van der Waals surface area contributed by atoms with Crippen LogP contribution in [0, 0.1) is 0 Å². The average Bonchev–Trinajstić information content (AvgIpc) is 2.28. The summed E-state index contributed by atoms with van der Waals surface area (Å²) >= 11 is 0. The van der Waals surface area contributed by atoms with Crippen molar-refractivity contribution in [3.63, 3.8) is 0 Å². The Morgan fingerprint density at radius 1 is 1.09 bits per heavy atom. The zero-order valence-corrected chi connectivity index (χ0v) is 7.01. The molecule has 1 saturated heterocycles. The molecule has 1 aliphatic heterocycles. The van der Waals surface area contributed by atoms with Crippen LogP contribution in [0.25, 0.3) is 0 Å². The van der Waals surface area contributed by atoms with Crippen LogP contribution in [0.1, 0.15) is 32.1 Å². The van der Waals surface area contributed by atoms with Crippen molar-refractivity contribution in [1.29, 1.82) is 0 Å². The van der Waals surface area contributed by atoms with Crippen LogP contribution in [0.3, 0.4) is 0 Å². The molecule has 2 heteroatoms. The first-order valence-corrected chi connectivity index (χ1v) is 4.82. The molecule has 1 N–H and O–H groups in total. The van der Waals surface area contributed by atoms with E-state index < -0.39 is 0 Å². The van der Waals surface area contributed by atoms with E-state index in [1.807, 2.05) is 0 Å². The fourth-order valence-corrected chi connectivity index (χ4v) is 2.16. The lowest BCUT2D eigenvalue weighted by Gasteiger charge is -2.31. The third kappa shape index (κ3) is 1.74. The number of rotatable bonds is 0. The molecule has 0 aromatic heterocycles. The van der Waals surface area contributed by atoms with Gasteiger partial charge in [0.25, 0.3) is 0 Å². The number of hydrogen-bond acceptors (Lipinski definition) is 2. The maximum Gasteiger partial charge on any atom is 0.0728 e. The second kappa shape index (κ2) is 3.55. The first-order valence-electron chi connectivity index (χ1n) is 4.82. The van der Waals surface area contributed by atoms with Crippen LogP contribution in [-0.4, -0.2) is 25.3 Å². The van der Waals surface area contributed by atoms with E-state index in [4.69, 9.17) is 4.74 Å². The van der Waals surface area contributed by atoms with Crippen molar-refractivity contribution in [2.24, 2.45) is 0 Å². The van der Waals surface area contributed by atoms with Crippen LogP contribution < -0.4 is 5.32 Å². The smallest absolute Gasteiger partial charge is 0.0728 e. The fourth-order valence-electron chi connectivity index (χ4n) is 2.16. The second-order valence-corrected chi connectivity index (χ2v) is 3.61. The normalized spacial score (nSPS) is 39.3. The van der Waals surface area contributed by atoms with Gasteiger partial charge in [0, 0.05) is 12.6 Å². The minimum absolute atomic E-state index is 0.534. The maximum absolute atomic E-state index is 5.70. The Bertz CT molecular complexity index is 113. The van der Waals surface area contributed by atoms with Crippen molar-refractivity contribution in [2.45, 2.75) is 44.2 Å². The zero-order valence-electron chi connectivity index (χ0n) is 7.01. The van der Waals surface area contributed by atoms with Gasteiger partial charge in [-0.1, -0.05) is 19.3 Å². The van der Waals surface area contributed by atoms with Crippen LogP contribution in [0.2, 0.25) is 0 Å². The first-order chi connectivity index (χ1) is 5.47. The van der Waals surface area contributed by atoms with Gasteiger partial charge in [0.15, 0.2) is 0 Å². The zero-order chi connectivity index (χ0) is 7.52. The van der Waals surface area contributed by atoms with Crippen LogP contribution in [-0.2, 0) is 4.74 Å². The molecule has 0 bridgehead atoms. The molecule has 1 aliphatic carbocycles. The van der Waals surface area contributed by atoms with E-state index in [0.29, 0.717) is 12.1 Å². The number of fused-ring (bicyclic) bond motifs is 1. The number of hydrogen-bond donors (Lipinski definition) is 1. The number of morpholine rings is 1. The van der Waals surface area contributed by atoms with E-state index in [2.05, 4.69) is 5.32 Å². The molecule has 64 valence electrons. The summed E-state index contributed by atoms with van der Waals surface area (Å²) in [5.41, 5.74) is 0. The third-order valence-corrected chi connectivity index (χ3v) is 2.79. The van der Waals surface area contributed by atoms with Gasteiger partial charge in [0.2, 0.25) is 0 Å². The van der Waals surface area contributed by atoms with E-state index in [9.17, 15) is 0 Å². The monoisotopic (exact) mass is 155 g/mol.